The van der Waals surface area contributed by atoms with Crippen LogP contribution in [0.15, 0.2) is 54.6 Å². The molecule has 0 radical (unpaired) electrons. The van der Waals surface area contributed by atoms with Gasteiger partial charge in [0.15, 0.2) is 0 Å². The van der Waals surface area contributed by atoms with Crippen molar-refractivity contribution in [3.8, 4) is 5.75 Å². The van der Waals surface area contributed by atoms with E-state index in [1.165, 1.54) is 5.56 Å². The highest BCUT2D eigenvalue weighted by molar-refractivity contribution is 7.99. The predicted molar refractivity (Wildman–Crippen MR) is 98.0 cm³/mol. The fourth-order valence-electron chi connectivity index (χ4n) is 2.00. The summed E-state index contributed by atoms with van der Waals surface area (Å²) in [6, 6.07) is 17.7. The molecule has 0 saturated carbocycles. The molecule has 2 aromatic carbocycles. The van der Waals surface area contributed by atoms with Crippen LogP contribution < -0.4 is 10.1 Å². The number of hydrogen-bond acceptors (Lipinski definition) is 3. The molecule has 0 saturated heterocycles. The van der Waals surface area contributed by atoms with Crippen molar-refractivity contribution in [2.75, 3.05) is 5.32 Å². The molecule has 1 amide bonds. The fourth-order valence-corrected chi connectivity index (χ4v) is 2.85. The first kappa shape index (κ1) is 17.4. The molecular weight excluding hydrogens is 306 g/mol. The lowest BCUT2D eigenvalue weighted by atomic mass is 10.2. The Morgan fingerprint density at radius 2 is 1.70 bits per heavy atom. The number of carbonyl (C=O) groups is 1. The maximum atomic E-state index is 12.2. The summed E-state index contributed by atoms with van der Waals surface area (Å²) in [5, 5.41) is 2.83. The molecule has 2 rings (SSSR count). The Balaban J connectivity index is 1.83. The predicted octanol–water partition coefficient (Wildman–Crippen LogP) is 4.73. The van der Waals surface area contributed by atoms with Crippen molar-refractivity contribution in [1.82, 2.24) is 0 Å². The molecule has 0 aromatic heterocycles. The van der Waals surface area contributed by atoms with Crippen LogP contribution in [0.1, 0.15) is 26.3 Å². The summed E-state index contributed by atoms with van der Waals surface area (Å²) in [4.78, 5) is 12.2. The Morgan fingerprint density at radius 3 is 2.30 bits per heavy atom. The zero-order chi connectivity index (χ0) is 16.7. The third kappa shape index (κ3) is 5.99. The van der Waals surface area contributed by atoms with Gasteiger partial charge in [0.2, 0.25) is 5.91 Å². The van der Waals surface area contributed by atoms with Crippen LogP contribution in [0.5, 0.6) is 5.75 Å². The molecule has 122 valence electrons. The third-order valence-corrected chi connectivity index (χ3v) is 4.42. The molecule has 0 bridgehead atoms. The average molecular weight is 329 g/mol. The van der Waals surface area contributed by atoms with E-state index in [9.17, 15) is 4.79 Å². The maximum absolute atomic E-state index is 12.2. The Labute approximate surface area is 142 Å². The van der Waals surface area contributed by atoms with Gasteiger partial charge in [0.25, 0.3) is 0 Å². The molecule has 0 unspecified atom stereocenters. The zero-order valence-electron chi connectivity index (χ0n) is 13.8. The first-order valence-electron chi connectivity index (χ1n) is 7.77. The van der Waals surface area contributed by atoms with Gasteiger partial charge in [-0.05, 0) is 50.6 Å². The van der Waals surface area contributed by atoms with E-state index >= 15 is 0 Å². The minimum atomic E-state index is -0.109. The highest BCUT2D eigenvalue weighted by atomic mass is 32.2. The first-order chi connectivity index (χ1) is 11.0. The molecule has 0 fully saturated rings. The van der Waals surface area contributed by atoms with Crippen molar-refractivity contribution >= 4 is 23.4 Å². The number of hydrogen-bond donors (Lipinski definition) is 1. The van der Waals surface area contributed by atoms with Gasteiger partial charge in [-0.25, -0.2) is 0 Å². The average Bonchev–Trinajstić information content (AvgIpc) is 2.55. The van der Waals surface area contributed by atoms with Crippen LogP contribution in [0.3, 0.4) is 0 Å². The standard InChI is InChI=1S/C19H23NO2S/c1-14(2)22-18-11-9-17(10-12-18)20-19(21)15(3)23-13-16-7-5-4-6-8-16/h4-12,14-15H,13H2,1-3H3,(H,20,21)/t15-/m0/s1. The molecule has 23 heavy (non-hydrogen) atoms. The van der Waals surface area contributed by atoms with Crippen LogP contribution in [0.2, 0.25) is 0 Å². The molecule has 0 aliphatic rings. The summed E-state index contributed by atoms with van der Waals surface area (Å²) in [5.74, 6) is 1.66. The molecule has 1 atom stereocenters. The van der Waals surface area contributed by atoms with Crippen molar-refractivity contribution in [3.63, 3.8) is 0 Å². The van der Waals surface area contributed by atoms with Crippen LogP contribution in [0, 0.1) is 0 Å². The molecule has 0 spiro atoms. The molecule has 0 heterocycles. The number of rotatable bonds is 7. The van der Waals surface area contributed by atoms with Crippen LogP contribution in [-0.4, -0.2) is 17.3 Å². The van der Waals surface area contributed by atoms with Crippen LogP contribution in [-0.2, 0) is 10.5 Å². The van der Waals surface area contributed by atoms with Crippen molar-refractivity contribution in [1.29, 1.82) is 0 Å². The van der Waals surface area contributed by atoms with Gasteiger partial charge in [-0.2, -0.15) is 0 Å². The minimum absolute atomic E-state index is 0.0171. The second kappa shape index (κ2) is 8.63. The summed E-state index contributed by atoms with van der Waals surface area (Å²) >= 11 is 1.63. The number of amides is 1. The van der Waals surface area contributed by atoms with E-state index in [2.05, 4.69) is 17.4 Å². The van der Waals surface area contributed by atoms with Gasteiger partial charge in [0.05, 0.1) is 11.4 Å². The SMILES string of the molecule is CC(C)Oc1ccc(NC(=O)[C@H](C)SCc2ccccc2)cc1. The lowest BCUT2D eigenvalue weighted by Crippen LogP contribution is -2.22. The first-order valence-corrected chi connectivity index (χ1v) is 8.82. The second-order valence-electron chi connectivity index (χ2n) is 5.62. The van der Waals surface area contributed by atoms with Crippen LogP contribution in [0.4, 0.5) is 5.69 Å². The van der Waals surface area contributed by atoms with Crippen LogP contribution >= 0.6 is 11.8 Å². The van der Waals surface area contributed by atoms with Gasteiger partial charge in [0, 0.05) is 11.4 Å². The second-order valence-corrected chi connectivity index (χ2v) is 6.95. The highest BCUT2D eigenvalue weighted by Gasteiger charge is 2.13. The number of thioether (sulfide) groups is 1. The Morgan fingerprint density at radius 1 is 1.04 bits per heavy atom. The Kier molecular flexibility index (Phi) is 6.53. The molecule has 2 aromatic rings. The molecule has 0 aliphatic heterocycles. The molecular formula is C19H23NO2S. The summed E-state index contributed by atoms with van der Waals surface area (Å²) in [6.45, 7) is 5.90. The summed E-state index contributed by atoms with van der Waals surface area (Å²) < 4.78 is 5.59. The topological polar surface area (TPSA) is 38.3 Å². The van der Waals surface area contributed by atoms with E-state index in [1.54, 1.807) is 11.8 Å². The highest BCUT2D eigenvalue weighted by Crippen LogP contribution is 2.21. The monoisotopic (exact) mass is 329 g/mol. The molecule has 1 N–H and O–H groups in total. The Bertz CT molecular complexity index is 611. The maximum Gasteiger partial charge on any atom is 0.237 e. The number of ether oxygens (including phenoxy) is 1. The van der Waals surface area contributed by atoms with Gasteiger partial charge in [-0.15, -0.1) is 11.8 Å². The quantitative estimate of drug-likeness (QED) is 0.798. The van der Waals surface area contributed by atoms with Crippen molar-refractivity contribution in [2.45, 2.75) is 37.9 Å². The van der Waals surface area contributed by atoms with E-state index in [-0.39, 0.29) is 17.3 Å². The number of benzene rings is 2. The van der Waals surface area contributed by atoms with Gasteiger partial charge in [-0.3, -0.25) is 4.79 Å². The Hall–Kier alpha value is -1.94. The van der Waals surface area contributed by atoms with Crippen molar-refractivity contribution in [2.24, 2.45) is 0 Å². The van der Waals surface area contributed by atoms with E-state index in [0.29, 0.717) is 0 Å². The molecule has 3 nitrogen and oxygen atoms in total. The summed E-state index contributed by atoms with van der Waals surface area (Å²) in [7, 11) is 0. The normalized spacial score (nSPS) is 12.0. The van der Waals surface area contributed by atoms with Gasteiger partial charge >= 0.3 is 0 Å². The lowest BCUT2D eigenvalue weighted by Gasteiger charge is -2.13. The van der Waals surface area contributed by atoms with Crippen LogP contribution in [0.25, 0.3) is 0 Å². The fraction of sp³-hybridized carbons (Fsp3) is 0.316. The number of carbonyl (C=O) groups excluding carboxylic acids is 1. The van der Waals surface area contributed by atoms with E-state index < -0.39 is 0 Å². The van der Waals surface area contributed by atoms with Gasteiger partial charge in [0.1, 0.15) is 5.75 Å². The van der Waals surface area contributed by atoms with E-state index in [1.807, 2.05) is 63.2 Å². The van der Waals surface area contributed by atoms with E-state index in [4.69, 9.17) is 4.74 Å². The van der Waals surface area contributed by atoms with Gasteiger partial charge in [-0.1, -0.05) is 30.3 Å². The molecule has 0 aliphatic carbocycles. The van der Waals surface area contributed by atoms with Crippen molar-refractivity contribution in [3.05, 3.63) is 60.2 Å². The van der Waals surface area contributed by atoms with Gasteiger partial charge < -0.3 is 10.1 Å². The summed E-state index contributed by atoms with van der Waals surface area (Å²) in [6.07, 6.45) is 0.143. The van der Waals surface area contributed by atoms with Crippen molar-refractivity contribution < 1.29 is 9.53 Å². The number of anilines is 1. The largest absolute Gasteiger partial charge is 0.491 e. The zero-order valence-corrected chi connectivity index (χ0v) is 14.6. The smallest absolute Gasteiger partial charge is 0.237 e. The minimum Gasteiger partial charge on any atom is -0.491 e. The van der Waals surface area contributed by atoms with E-state index in [0.717, 1.165) is 17.2 Å². The summed E-state index contributed by atoms with van der Waals surface area (Å²) in [5.41, 5.74) is 2.02. The molecule has 4 heteroatoms. The number of nitrogens with one attached hydrogen (secondary N) is 1. The third-order valence-electron chi connectivity index (χ3n) is 3.21. The lowest BCUT2D eigenvalue weighted by molar-refractivity contribution is -0.115.